The number of nitrogens with zero attached hydrogens (tertiary/aromatic N) is 1. The fourth-order valence-corrected chi connectivity index (χ4v) is 2.05. The van der Waals surface area contributed by atoms with Gasteiger partial charge in [0.2, 0.25) is 0 Å². The lowest BCUT2D eigenvalue weighted by Crippen LogP contribution is -1.88. The number of ether oxygens (including phenoxy) is 1. The molecule has 0 bridgehead atoms. The van der Waals surface area contributed by atoms with E-state index in [1.165, 1.54) is 0 Å². The van der Waals surface area contributed by atoms with Crippen LogP contribution in [0.5, 0.6) is 5.75 Å². The molecule has 3 heteroatoms. The SMILES string of the molecule is COc1ccc(Cc2ncc(-c3ccccc3)o2)cc1. The maximum atomic E-state index is 5.79. The Morgan fingerprint density at radius 2 is 1.75 bits per heavy atom. The molecular weight excluding hydrogens is 250 g/mol. The zero-order chi connectivity index (χ0) is 13.8. The van der Waals surface area contributed by atoms with E-state index < -0.39 is 0 Å². The van der Waals surface area contributed by atoms with Crippen LogP contribution in [-0.2, 0) is 6.42 Å². The van der Waals surface area contributed by atoms with Crippen molar-refractivity contribution >= 4 is 0 Å². The zero-order valence-corrected chi connectivity index (χ0v) is 11.2. The monoisotopic (exact) mass is 265 g/mol. The maximum absolute atomic E-state index is 5.79. The molecule has 100 valence electrons. The van der Waals surface area contributed by atoms with Crippen LogP contribution >= 0.6 is 0 Å². The van der Waals surface area contributed by atoms with Gasteiger partial charge in [-0.2, -0.15) is 0 Å². The summed E-state index contributed by atoms with van der Waals surface area (Å²) < 4.78 is 10.9. The average molecular weight is 265 g/mol. The van der Waals surface area contributed by atoms with Crippen LogP contribution in [0.3, 0.4) is 0 Å². The first-order chi connectivity index (χ1) is 9.85. The van der Waals surface area contributed by atoms with Gasteiger partial charge in [0.15, 0.2) is 11.7 Å². The van der Waals surface area contributed by atoms with Crippen LogP contribution in [0.15, 0.2) is 65.2 Å². The predicted molar refractivity (Wildman–Crippen MR) is 77.7 cm³/mol. The molecule has 3 rings (SSSR count). The van der Waals surface area contributed by atoms with E-state index >= 15 is 0 Å². The van der Waals surface area contributed by atoms with E-state index in [1.54, 1.807) is 13.3 Å². The topological polar surface area (TPSA) is 35.3 Å². The summed E-state index contributed by atoms with van der Waals surface area (Å²) in [6.45, 7) is 0. The molecule has 0 aliphatic rings. The van der Waals surface area contributed by atoms with E-state index in [-0.39, 0.29) is 0 Å². The molecule has 0 saturated carbocycles. The first kappa shape index (κ1) is 12.5. The Morgan fingerprint density at radius 3 is 2.45 bits per heavy atom. The van der Waals surface area contributed by atoms with E-state index in [0.717, 1.165) is 22.6 Å². The first-order valence-corrected chi connectivity index (χ1v) is 6.48. The van der Waals surface area contributed by atoms with Crippen molar-refractivity contribution in [3.63, 3.8) is 0 Å². The van der Waals surface area contributed by atoms with Gasteiger partial charge in [0, 0.05) is 12.0 Å². The molecule has 0 radical (unpaired) electrons. The van der Waals surface area contributed by atoms with Crippen molar-refractivity contribution in [1.29, 1.82) is 0 Å². The normalized spacial score (nSPS) is 10.4. The lowest BCUT2D eigenvalue weighted by molar-refractivity contribution is 0.414. The summed E-state index contributed by atoms with van der Waals surface area (Å²) in [5, 5.41) is 0. The average Bonchev–Trinajstić information content (AvgIpc) is 2.97. The number of oxazole rings is 1. The molecule has 2 aromatic carbocycles. The molecular formula is C17H15NO2. The predicted octanol–water partition coefficient (Wildman–Crippen LogP) is 3.94. The van der Waals surface area contributed by atoms with Crippen molar-refractivity contribution in [3.8, 4) is 17.1 Å². The van der Waals surface area contributed by atoms with Crippen LogP contribution in [0.1, 0.15) is 11.5 Å². The van der Waals surface area contributed by atoms with Gasteiger partial charge in [-0.3, -0.25) is 0 Å². The van der Waals surface area contributed by atoms with Crippen LogP contribution in [0.4, 0.5) is 0 Å². The minimum absolute atomic E-state index is 0.677. The third kappa shape index (κ3) is 2.72. The maximum Gasteiger partial charge on any atom is 0.199 e. The summed E-state index contributed by atoms with van der Waals surface area (Å²) in [6.07, 6.45) is 2.45. The lowest BCUT2D eigenvalue weighted by Gasteiger charge is -2.01. The molecule has 0 spiro atoms. The van der Waals surface area contributed by atoms with Crippen LogP contribution in [-0.4, -0.2) is 12.1 Å². The first-order valence-electron chi connectivity index (χ1n) is 6.48. The largest absolute Gasteiger partial charge is 0.497 e. The molecule has 0 fully saturated rings. The smallest absolute Gasteiger partial charge is 0.199 e. The zero-order valence-electron chi connectivity index (χ0n) is 11.2. The molecule has 0 saturated heterocycles. The molecule has 0 aliphatic heterocycles. The molecule has 0 aliphatic carbocycles. The van der Waals surface area contributed by atoms with E-state index in [0.29, 0.717) is 12.3 Å². The lowest BCUT2D eigenvalue weighted by atomic mass is 10.1. The fraction of sp³-hybridized carbons (Fsp3) is 0.118. The van der Waals surface area contributed by atoms with Gasteiger partial charge in [0.05, 0.1) is 13.3 Å². The summed E-state index contributed by atoms with van der Waals surface area (Å²) in [5.41, 5.74) is 2.19. The molecule has 0 unspecified atom stereocenters. The number of aromatic nitrogens is 1. The van der Waals surface area contributed by atoms with Crippen LogP contribution in [0.2, 0.25) is 0 Å². The van der Waals surface area contributed by atoms with Gasteiger partial charge in [-0.25, -0.2) is 4.98 Å². The van der Waals surface area contributed by atoms with Gasteiger partial charge in [-0.15, -0.1) is 0 Å². The minimum atomic E-state index is 0.677. The number of methoxy groups -OCH3 is 1. The summed E-state index contributed by atoms with van der Waals surface area (Å²) in [6, 6.07) is 17.9. The van der Waals surface area contributed by atoms with Crippen LogP contribution in [0.25, 0.3) is 11.3 Å². The minimum Gasteiger partial charge on any atom is -0.497 e. The van der Waals surface area contributed by atoms with E-state index in [4.69, 9.17) is 9.15 Å². The van der Waals surface area contributed by atoms with Crippen molar-refractivity contribution in [2.75, 3.05) is 7.11 Å². The Morgan fingerprint density at radius 1 is 1.00 bits per heavy atom. The van der Waals surface area contributed by atoms with Gasteiger partial charge >= 0.3 is 0 Å². The molecule has 3 nitrogen and oxygen atoms in total. The van der Waals surface area contributed by atoms with Crippen molar-refractivity contribution < 1.29 is 9.15 Å². The number of benzene rings is 2. The summed E-state index contributed by atoms with van der Waals surface area (Å²) in [7, 11) is 1.66. The second-order valence-corrected chi connectivity index (χ2v) is 4.51. The van der Waals surface area contributed by atoms with Gasteiger partial charge in [-0.05, 0) is 17.7 Å². The molecule has 3 aromatic rings. The summed E-state index contributed by atoms with van der Waals surface area (Å²) in [4.78, 5) is 4.33. The quantitative estimate of drug-likeness (QED) is 0.716. The van der Waals surface area contributed by atoms with Crippen LogP contribution < -0.4 is 4.74 Å². The highest BCUT2D eigenvalue weighted by Crippen LogP contribution is 2.21. The van der Waals surface area contributed by atoms with Gasteiger partial charge in [-0.1, -0.05) is 42.5 Å². The van der Waals surface area contributed by atoms with Crippen LogP contribution in [0, 0.1) is 0 Å². The number of hydrogen-bond acceptors (Lipinski definition) is 3. The Balaban J connectivity index is 1.77. The molecule has 0 atom stereocenters. The highest BCUT2D eigenvalue weighted by Gasteiger charge is 2.06. The molecule has 0 amide bonds. The molecule has 1 heterocycles. The summed E-state index contributed by atoms with van der Waals surface area (Å²) in [5.74, 6) is 2.37. The van der Waals surface area contributed by atoms with Crippen molar-refractivity contribution in [2.45, 2.75) is 6.42 Å². The highest BCUT2D eigenvalue weighted by atomic mass is 16.5. The van der Waals surface area contributed by atoms with Crippen molar-refractivity contribution in [2.24, 2.45) is 0 Å². The number of rotatable bonds is 4. The Hall–Kier alpha value is -2.55. The van der Waals surface area contributed by atoms with Gasteiger partial charge < -0.3 is 9.15 Å². The molecule has 1 aromatic heterocycles. The van der Waals surface area contributed by atoms with Crippen molar-refractivity contribution in [3.05, 3.63) is 72.2 Å². The van der Waals surface area contributed by atoms with Gasteiger partial charge in [0.25, 0.3) is 0 Å². The molecule has 0 N–H and O–H groups in total. The number of hydrogen-bond donors (Lipinski definition) is 0. The Kier molecular flexibility index (Phi) is 3.50. The van der Waals surface area contributed by atoms with E-state index in [9.17, 15) is 0 Å². The third-order valence-electron chi connectivity index (χ3n) is 3.13. The van der Waals surface area contributed by atoms with E-state index in [2.05, 4.69) is 4.98 Å². The van der Waals surface area contributed by atoms with E-state index in [1.807, 2.05) is 54.6 Å². The third-order valence-corrected chi connectivity index (χ3v) is 3.13. The highest BCUT2D eigenvalue weighted by molar-refractivity contribution is 5.55. The molecule has 20 heavy (non-hydrogen) atoms. The summed E-state index contributed by atoms with van der Waals surface area (Å²) >= 11 is 0. The fourth-order valence-electron chi connectivity index (χ4n) is 2.05. The van der Waals surface area contributed by atoms with Gasteiger partial charge in [0.1, 0.15) is 5.75 Å². The Bertz CT molecular complexity index is 672. The standard InChI is InChI=1S/C17H15NO2/c1-19-15-9-7-13(8-10-15)11-17-18-12-16(20-17)14-5-3-2-4-6-14/h2-10,12H,11H2,1H3. The van der Waals surface area contributed by atoms with Crippen molar-refractivity contribution in [1.82, 2.24) is 4.98 Å². The Labute approximate surface area is 117 Å². The second-order valence-electron chi connectivity index (χ2n) is 4.51. The second kappa shape index (κ2) is 5.61.